The Morgan fingerprint density at radius 1 is 0.917 bits per heavy atom. The van der Waals surface area contributed by atoms with Gasteiger partial charge in [0.05, 0.1) is 18.7 Å². The number of hydrogen-bond acceptors (Lipinski definition) is 7. The Morgan fingerprint density at radius 2 is 1.64 bits per heavy atom. The van der Waals surface area contributed by atoms with E-state index in [0.29, 0.717) is 34.1 Å². The van der Waals surface area contributed by atoms with Gasteiger partial charge in [0.25, 0.3) is 5.78 Å². The van der Waals surface area contributed by atoms with E-state index in [1.165, 1.54) is 12.0 Å². The van der Waals surface area contributed by atoms with Crippen LogP contribution < -0.4 is 14.4 Å². The van der Waals surface area contributed by atoms with Crippen LogP contribution in [0.3, 0.4) is 0 Å². The highest BCUT2D eigenvalue weighted by molar-refractivity contribution is 6.51. The van der Waals surface area contributed by atoms with Crippen LogP contribution in [-0.4, -0.2) is 29.1 Å². The van der Waals surface area contributed by atoms with Crippen LogP contribution in [0.4, 0.5) is 5.82 Å². The summed E-state index contributed by atoms with van der Waals surface area (Å²) < 4.78 is 16.3. The zero-order valence-corrected chi connectivity index (χ0v) is 19.5. The maximum atomic E-state index is 13.3. The number of anilines is 1. The van der Waals surface area contributed by atoms with Crippen molar-refractivity contribution in [1.29, 1.82) is 0 Å². The second-order valence-corrected chi connectivity index (χ2v) is 8.18. The summed E-state index contributed by atoms with van der Waals surface area (Å²) >= 11 is 0. The van der Waals surface area contributed by atoms with E-state index in [0.717, 1.165) is 0 Å². The number of hydrogen-bond donors (Lipinski definition) is 1. The topological polar surface area (TPSA) is 102 Å². The lowest BCUT2D eigenvalue weighted by Crippen LogP contribution is -2.29. The van der Waals surface area contributed by atoms with Crippen molar-refractivity contribution in [3.05, 3.63) is 107 Å². The summed E-state index contributed by atoms with van der Waals surface area (Å²) in [5.41, 5.74) is 0.854. The molecule has 0 unspecified atom stereocenters. The number of aromatic nitrogens is 1. The molecule has 1 aliphatic rings. The number of amides is 1. The van der Waals surface area contributed by atoms with Crippen molar-refractivity contribution in [2.75, 3.05) is 12.0 Å². The van der Waals surface area contributed by atoms with Gasteiger partial charge in [0.1, 0.15) is 28.8 Å². The maximum absolute atomic E-state index is 13.3. The predicted octanol–water partition coefficient (Wildman–Crippen LogP) is 5.41. The summed E-state index contributed by atoms with van der Waals surface area (Å²) in [6, 6.07) is 23.4. The van der Waals surface area contributed by atoms with Crippen molar-refractivity contribution < 1.29 is 28.7 Å². The fourth-order valence-electron chi connectivity index (χ4n) is 4.13. The monoisotopic (exact) mass is 482 g/mol. The molecule has 180 valence electrons. The normalized spacial score (nSPS) is 16.8. The molecule has 1 saturated heterocycles. The molecule has 0 spiro atoms. The maximum Gasteiger partial charge on any atom is 0.301 e. The molecule has 1 aromatic heterocycles. The third-order valence-corrected chi connectivity index (χ3v) is 5.82. The molecule has 1 amide bonds. The van der Waals surface area contributed by atoms with Crippen molar-refractivity contribution in [1.82, 2.24) is 5.16 Å². The lowest BCUT2D eigenvalue weighted by molar-refractivity contribution is -0.132. The lowest BCUT2D eigenvalue weighted by atomic mass is 9.95. The van der Waals surface area contributed by atoms with Gasteiger partial charge in [-0.3, -0.25) is 14.5 Å². The largest absolute Gasteiger partial charge is 0.507 e. The molecule has 1 atom stereocenters. The summed E-state index contributed by atoms with van der Waals surface area (Å²) in [6.07, 6.45) is 0. The number of aliphatic hydroxyl groups is 1. The lowest BCUT2D eigenvalue weighted by Gasteiger charge is -2.23. The fraction of sp³-hybridized carbons (Fsp3) is 0.107. The summed E-state index contributed by atoms with van der Waals surface area (Å²) in [6.45, 7) is 1.69. The van der Waals surface area contributed by atoms with E-state index in [2.05, 4.69) is 5.16 Å². The second-order valence-electron chi connectivity index (χ2n) is 8.18. The first-order valence-corrected chi connectivity index (χ1v) is 11.2. The van der Waals surface area contributed by atoms with Gasteiger partial charge in [-0.25, -0.2) is 0 Å². The molecule has 2 heterocycles. The number of Topliss-reactive ketones (excluding diaryl/α,β-unsaturated/α-hetero) is 1. The molecule has 8 nitrogen and oxygen atoms in total. The van der Waals surface area contributed by atoms with Crippen molar-refractivity contribution in [3.8, 4) is 17.2 Å². The number of nitrogens with zero attached hydrogens (tertiary/aromatic N) is 2. The SMILES string of the molecule is COc1ccc(/C(O)=C2\C(=O)C(=O)N(c3cc(C)on3)[C@H]2c2cccc(Oc3ccccc3)c2)cc1. The van der Waals surface area contributed by atoms with Gasteiger partial charge in [0.15, 0.2) is 5.82 Å². The summed E-state index contributed by atoms with van der Waals surface area (Å²) in [5, 5.41) is 15.2. The molecule has 0 aliphatic carbocycles. The quantitative estimate of drug-likeness (QED) is 0.223. The third kappa shape index (κ3) is 4.20. The van der Waals surface area contributed by atoms with Crippen molar-refractivity contribution in [2.24, 2.45) is 0 Å². The van der Waals surface area contributed by atoms with Gasteiger partial charge in [-0.1, -0.05) is 35.5 Å². The average molecular weight is 482 g/mol. The first-order valence-electron chi connectivity index (χ1n) is 11.2. The van der Waals surface area contributed by atoms with E-state index in [4.69, 9.17) is 14.0 Å². The second kappa shape index (κ2) is 9.42. The number of methoxy groups -OCH3 is 1. The van der Waals surface area contributed by atoms with Crippen LogP contribution in [0, 0.1) is 6.92 Å². The molecule has 3 aromatic carbocycles. The number of carbonyl (C=O) groups is 2. The van der Waals surface area contributed by atoms with Crippen LogP contribution in [0.2, 0.25) is 0 Å². The Labute approximate surface area is 207 Å². The van der Waals surface area contributed by atoms with E-state index >= 15 is 0 Å². The molecule has 1 N–H and O–H groups in total. The minimum absolute atomic E-state index is 0.0670. The molecular weight excluding hydrogens is 460 g/mol. The Morgan fingerprint density at radius 3 is 2.31 bits per heavy atom. The molecule has 0 saturated carbocycles. The third-order valence-electron chi connectivity index (χ3n) is 5.82. The van der Waals surface area contributed by atoms with E-state index in [-0.39, 0.29) is 17.2 Å². The van der Waals surface area contributed by atoms with Crippen LogP contribution in [0.5, 0.6) is 17.2 Å². The number of aryl methyl sites for hydroxylation is 1. The highest BCUT2D eigenvalue weighted by atomic mass is 16.5. The molecule has 36 heavy (non-hydrogen) atoms. The van der Waals surface area contributed by atoms with Gasteiger partial charge in [-0.15, -0.1) is 0 Å². The van der Waals surface area contributed by atoms with Gasteiger partial charge in [-0.05, 0) is 61.0 Å². The Kier molecular flexibility index (Phi) is 6.00. The van der Waals surface area contributed by atoms with E-state index in [1.807, 2.05) is 30.3 Å². The zero-order valence-electron chi connectivity index (χ0n) is 19.5. The summed E-state index contributed by atoms with van der Waals surface area (Å²) in [4.78, 5) is 27.7. The highest BCUT2D eigenvalue weighted by Gasteiger charge is 2.48. The number of para-hydroxylation sites is 1. The number of rotatable bonds is 6. The molecule has 4 aromatic rings. The minimum Gasteiger partial charge on any atom is -0.507 e. The van der Waals surface area contributed by atoms with Gasteiger partial charge < -0.3 is 19.1 Å². The number of carbonyl (C=O) groups excluding carboxylic acids is 2. The average Bonchev–Trinajstić information content (AvgIpc) is 3.44. The Balaban J connectivity index is 1.64. The van der Waals surface area contributed by atoms with Crippen molar-refractivity contribution >= 4 is 23.3 Å². The summed E-state index contributed by atoms with van der Waals surface area (Å²) in [5.74, 6) is 0.412. The van der Waals surface area contributed by atoms with Gasteiger partial charge in [-0.2, -0.15) is 0 Å². The number of ether oxygens (including phenoxy) is 2. The smallest absolute Gasteiger partial charge is 0.301 e. The Hall–Kier alpha value is -4.85. The predicted molar refractivity (Wildman–Crippen MR) is 132 cm³/mol. The molecule has 1 fully saturated rings. The van der Waals surface area contributed by atoms with Gasteiger partial charge in [0.2, 0.25) is 0 Å². The number of benzene rings is 3. The number of aliphatic hydroxyl groups excluding tert-OH is 1. The van der Waals surface area contributed by atoms with Gasteiger partial charge in [0, 0.05) is 11.6 Å². The first-order chi connectivity index (χ1) is 17.5. The molecule has 8 heteroatoms. The van der Waals surface area contributed by atoms with E-state index < -0.39 is 17.7 Å². The molecule has 0 radical (unpaired) electrons. The van der Waals surface area contributed by atoms with Crippen LogP contribution >= 0.6 is 0 Å². The van der Waals surface area contributed by atoms with E-state index in [9.17, 15) is 14.7 Å². The number of ketones is 1. The van der Waals surface area contributed by atoms with Crippen LogP contribution in [-0.2, 0) is 9.59 Å². The van der Waals surface area contributed by atoms with E-state index in [1.54, 1.807) is 61.5 Å². The van der Waals surface area contributed by atoms with Gasteiger partial charge >= 0.3 is 5.91 Å². The zero-order chi connectivity index (χ0) is 25.2. The molecular formula is C28H22N2O6. The minimum atomic E-state index is -0.962. The Bertz CT molecular complexity index is 1460. The van der Waals surface area contributed by atoms with Crippen LogP contribution in [0.1, 0.15) is 22.9 Å². The molecule has 0 bridgehead atoms. The standard InChI is InChI=1S/C28H22N2O6/c1-17-15-23(29-36-17)30-25(19-7-6-10-22(16-19)35-21-8-4-3-5-9-21)24(27(32)28(30)33)26(31)18-11-13-20(34-2)14-12-18/h3-16,25,31H,1-2H3/b26-24+/t25-/m0/s1. The summed E-state index contributed by atoms with van der Waals surface area (Å²) in [7, 11) is 1.53. The van der Waals surface area contributed by atoms with Crippen molar-refractivity contribution in [2.45, 2.75) is 13.0 Å². The molecule has 5 rings (SSSR count). The highest BCUT2D eigenvalue weighted by Crippen LogP contribution is 2.43. The first kappa shape index (κ1) is 22.9. The van der Waals surface area contributed by atoms with Crippen LogP contribution in [0.25, 0.3) is 5.76 Å². The fourth-order valence-corrected chi connectivity index (χ4v) is 4.13. The van der Waals surface area contributed by atoms with Crippen molar-refractivity contribution in [3.63, 3.8) is 0 Å². The molecule has 1 aliphatic heterocycles. The van der Waals surface area contributed by atoms with Crippen LogP contribution in [0.15, 0.2) is 95.0 Å².